The first kappa shape index (κ1) is 13.9. The van der Waals surface area contributed by atoms with Gasteiger partial charge < -0.3 is 0 Å². The summed E-state index contributed by atoms with van der Waals surface area (Å²) in [5.74, 6) is 0. The second-order valence-corrected chi connectivity index (χ2v) is 7.99. The van der Waals surface area contributed by atoms with E-state index in [4.69, 9.17) is 0 Å². The van der Waals surface area contributed by atoms with Crippen molar-refractivity contribution in [3.63, 3.8) is 0 Å². The topological polar surface area (TPSA) is 0 Å². The molecule has 0 fully saturated rings. The Morgan fingerprint density at radius 1 is 0.864 bits per heavy atom. The van der Waals surface area contributed by atoms with Gasteiger partial charge in [0.1, 0.15) is 0 Å². The molecule has 108 valence electrons. The maximum atomic E-state index is 2.37. The lowest BCUT2D eigenvalue weighted by molar-refractivity contribution is 1.29. The van der Waals surface area contributed by atoms with Crippen LogP contribution < -0.4 is 0 Å². The molecule has 4 rings (SSSR count). The molecule has 0 N–H and O–H groups in total. The van der Waals surface area contributed by atoms with E-state index in [2.05, 4.69) is 71.5 Å². The Morgan fingerprint density at radius 3 is 2.27 bits per heavy atom. The SMILES string of the molecule is C1=CC(=CCc2cc(-c3cccs3)sc2-c2cccs2)C=C1. The fourth-order valence-corrected chi connectivity index (χ4v) is 5.40. The third kappa shape index (κ3) is 2.80. The van der Waals surface area contributed by atoms with Gasteiger partial charge in [-0.25, -0.2) is 0 Å². The molecule has 1 aliphatic rings. The van der Waals surface area contributed by atoms with Crippen molar-refractivity contribution in [1.82, 2.24) is 0 Å². The molecular formula is C19H14S3. The van der Waals surface area contributed by atoms with Gasteiger partial charge in [0.2, 0.25) is 0 Å². The summed E-state index contributed by atoms with van der Waals surface area (Å²) < 4.78 is 0. The van der Waals surface area contributed by atoms with E-state index in [-0.39, 0.29) is 0 Å². The molecular weight excluding hydrogens is 324 g/mol. The predicted octanol–water partition coefficient (Wildman–Crippen LogP) is 6.80. The zero-order valence-electron chi connectivity index (χ0n) is 11.9. The summed E-state index contributed by atoms with van der Waals surface area (Å²) in [6.07, 6.45) is 11.8. The largest absolute Gasteiger partial charge is 0.143 e. The average molecular weight is 339 g/mol. The molecule has 22 heavy (non-hydrogen) atoms. The summed E-state index contributed by atoms with van der Waals surface area (Å²) in [4.78, 5) is 5.53. The molecule has 3 aromatic heterocycles. The van der Waals surface area contributed by atoms with Crippen molar-refractivity contribution in [3.05, 3.63) is 82.6 Å². The summed E-state index contributed by atoms with van der Waals surface area (Å²) in [7, 11) is 0. The first-order valence-electron chi connectivity index (χ1n) is 7.15. The molecule has 0 aromatic carbocycles. The number of allylic oxidation sites excluding steroid dienone is 6. The van der Waals surface area contributed by atoms with Gasteiger partial charge in [0.05, 0.1) is 0 Å². The van der Waals surface area contributed by atoms with Crippen LogP contribution in [0.2, 0.25) is 0 Å². The molecule has 1 aliphatic carbocycles. The standard InChI is InChI=1S/C19H14S3/c1-2-6-14(5-1)9-10-15-13-18(16-7-3-11-20-16)22-19(15)17-8-4-12-21-17/h1-9,11-13H,10H2. The molecule has 0 bridgehead atoms. The van der Waals surface area contributed by atoms with E-state index in [1.54, 1.807) is 0 Å². The number of hydrogen-bond donors (Lipinski definition) is 0. The van der Waals surface area contributed by atoms with E-state index in [1.165, 1.54) is 30.6 Å². The molecule has 0 aliphatic heterocycles. The van der Waals surface area contributed by atoms with Crippen LogP contribution >= 0.6 is 34.0 Å². The van der Waals surface area contributed by atoms with Gasteiger partial charge in [0.25, 0.3) is 0 Å². The van der Waals surface area contributed by atoms with Crippen molar-refractivity contribution in [1.29, 1.82) is 0 Å². The minimum atomic E-state index is 0.985. The third-order valence-electron chi connectivity index (χ3n) is 3.56. The van der Waals surface area contributed by atoms with Crippen LogP contribution in [0.5, 0.6) is 0 Å². The minimum absolute atomic E-state index is 0.985. The molecule has 3 heteroatoms. The van der Waals surface area contributed by atoms with Gasteiger partial charge in [0.15, 0.2) is 0 Å². The fourth-order valence-electron chi connectivity index (χ4n) is 2.49. The van der Waals surface area contributed by atoms with Gasteiger partial charge >= 0.3 is 0 Å². The van der Waals surface area contributed by atoms with Crippen LogP contribution in [0.15, 0.2) is 77.0 Å². The van der Waals surface area contributed by atoms with Crippen LogP contribution in [-0.4, -0.2) is 0 Å². The molecule has 0 atom stereocenters. The summed E-state index contributed by atoms with van der Waals surface area (Å²) in [5, 5.41) is 4.31. The van der Waals surface area contributed by atoms with Gasteiger partial charge in [-0.15, -0.1) is 34.0 Å². The zero-order chi connectivity index (χ0) is 14.8. The summed E-state index contributed by atoms with van der Waals surface area (Å²) in [5.41, 5.74) is 2.73. The van der Waals surface area contributed by atoms with E-state index in [1.807, 2.05) is 34.0 Å². The first-order valence-corrected chi connectivity index (χ1v) is 9.73. The molecule has 3 aromatic rings. The minimum Gasteiger partial charge on any atom is -0.143 e. The van der Waals surface area contributed by atoms with E-state index < -0.39 is 0 Å². The van der Waals surface area contributed by atoms with Crippen molar-refractivity contribution in [3.8, 4) is 19.5 Å². The van der Waals surface area contributed by atoms with E-state index >= 15 is 0 Å². The van der Waals surface area contributed by atoms with E-state index in [9.17, 15) is 0 Å². The van der Waals surface area contributed by atoms with Crippen molar-refractivity contribution in [2.45, 2.75) is 6.42 Å². The van der Waals surface area contributed by atoms with Gasteiger partial charge in [-0.05, 0) is 46.5 Å². The lowest BCUT2D eigenvalue weighted by Crippen LogP contribution is -1.81. The highest BCUT2D eigenvalue weighted by atomic mass is 32.1. The van der Waals surface area contributed by atoms with Crippen LogP contribution in [0.3, 0.4) is 0 Å². The molecule has 0 amide bonds. The smallest absolute Gasteiger partial charge is 0.0484 e. The quantitative estimate of drug-likeness (QED) is 0.490. The summed E-state index contributed by atoms with van der Waals surface area (Å²) >= 11 is 5.55. The Kier molecular flexibility index (Phi) is 3.94. The second-order valence-electron chi connectivity index (χ2n) is 5.05. The van der Waals surface area contributed by atoms with Crippen LogP contribution in [-0.2, 0) is 6.42 Å². The van der Waals surface area contributed by atoms with Crippen LogP contribution in [0.4, 0.5) is 0 Å². The number of thiophene rings is 3. The van der Waals surface area contributed by atoms with E-state index in [0.29, 0.717) is 0 Å². The van der Waals surface area contributed by atoms with Crippen LogP contribution in [0.25, 0.3) is 19.5 Å². The highest BCUT2D eigenvalue weighted by molar-refractivity contribution is 7.26. The van der Waals surface area contributed by atoms with Crippen LogP contribution in [0.1, 0.15) is 5.56 Å². The first-order chi connectivity index (χ1) is 10.9. The van der Waals surface area contributed by atoms with Crippen molar-refractivity contribution < 1.29 is 0 Å². The Balaban J connectivity index is 1.73. The normalized spacial score (nSPS) is 13.2. The molecule has 3 heterocycles. The second kappa shape index (κ2) is 6.21. The highest BCUT2D eigenvalue weighted by Gasteiger charge is 2.13. The van der Waals surface area contributed by atoms with Gasteiger partial charge in [0, 0.05) is 19.5 Å². The fraction of sp³-hybridized carbons (Fsp3) is 0.0526. The van der Waals surface area contributed by atoms with Crippen molar-refractivity contribution >= 4 is 34.0 Å². The lowest BCUT2D eigenvalue weighted by Gasteiger charge is -1.98. The summed E-state index contributed by atoms with van der Waals surface area (Å²) in [6, 6.07) is 11.1. The lowest BCUT2D eigenvalue weighted by atomic mass is 10.1. The third-order valence-corrected chi connectivity index (χ3v) is 6.86. The predicted molar refractivity (Wildman–Crippen MR) is 101 cm³/mol. The summed E-state index contributed by atoms with van der Waals surface area (Å²) in [6.45, 7) is 0. The molecule has 0 spiro atoms. The monoisotopic (exact) mass is 338 g/mol. The molecule has 0 unspecified atom stereocenters. The molecule has 0 saturated heterocycles. The number of rotatable bonds is 4. The van der Waals surface area contributed by atoms with Gasteiger partial charge in [-0.3, -0.25) is 0 Å². The molecule has 0 nitrogen and oxygen atoms in total. The molecule has 0 saturated carbocycles. The maximum absolute atomic E-state index is 2.37. The Morgan fingerprint density at radius 2 is 1.59 bits per heavy atom. The van der Waals surface area contributed by atoms with Crippen LogP contribution in [0, 0.1) is 0 Å². The van der Waals surface area contributed by atoms with Crippen molar-refractivity contribution in [2.75, 3.05) is 0 Å². The van der Waals surface area contributed by atoms with Gasteiger partial charge in [-0.2, -0.15) is 0 Å². The molecule has 0 radical (unpaired) electrons. The Hall–Kier alpha value is -1.68. The van der Waals surface area contributed by atoms with E-state index in [0.717, 1.165) is 6.42 Å². The van der Waals surface area contributed by atoms with Crippen molar-refractivity contribution in [2.24, 2.45) is 0 Å². The zero-order valence-corrected chi connectivity index (χ0v) is 14.3. The Bertz CT molecular complexity index is 827. The Labute approximate surface area is 142 Å². The average Bonchev–Trinajstić information content (AvgIpc) is 3.33. The maximum Gasteiger partial charge on any atom is 0.0484 e. The highest BCUT2D eigenvalue weighted by Crippen LogP contribution is 2.41. The number of hydrogen-bond acceptors (Lipinski definition) is 3. The van der Waals surface area contributed by atoms with Gasteiger partial charge in [-0.1, -0.05) is 42.5 Å².